The highest BCUT2D eigenvalue weighted by atomic mass is 35.5. The van der Waals surface area contributed by atoms with Crippen molar-refractivity contribution in [2.75, 3.05) is 20.2 Å². The zero-order chi connectivity index (χ0) is 10.3. The second-order valence-corrected chi connectivity index (χ2v) is 4.24. The lowest BCUT2D eigenvalue weighted by Crippen LogP contribution is -3.00. The first-order valence-electron chi connectivity index (χ1n) is 5.60. The number of aliphatic hydroxyl groups is 1. The molecule has 3 heteroatoms. The number of quaternary nitrogens is 1. The summed E-state index contributed by atoms with van der Waals surface area (Å²) >= 11 is 0. The van der Waals surface area contributed by atoms with E-state index in [9.17, 15) is 0 Å². The Hall–Kier alpha value is -0.310. The molecule has 0 aromatic rings. The van der Waals surface area contributed by atoms with Crippen LogP contribution in [0, 0.1) is 0 Å². The average molecular weight is 232 g/mol. The molecule has 0 radical (unpaired) electrons. The molecular weight excluding hydrogens is 210 g/mol. The Morgan fingerprint density at radius 2 is 1.47 bits per heavy atom. The molecule has 0 aromatic carbocycles. The fraction of sp³-hybridized carbons (Fsp3) is 0.667. The van der Waals surface area contributed by atoms with E-state index in [2.05, 4.69) is 31.6 Å². The van der Waals surface area contributed by atoms with Crippen LogP contribution in [0.1, 0.15) is 32.1 Å². The van der Waals surface area contributed by atoms with Crippen LogP contribution in [0.25, 0.3) is 0 Å². The van der Waals surface area contributed by atoms with Gasteiger partial charge in [-0.2, -0.15) is 0 Å². The van der Waals surface area contributed by atoms with Gasteiger partial charge in [0.15, 0.2) is 0 Å². The number of hydrogen-bond donors (Lipinski definition) is 1. The molecule has 1 aliphatic rings. The van der Waals surface area contributed by atoms with Crippen LogP contribution in [0.15, 0.2) is 24.6 Å². The van der Waals surface area contributed by atoms with Gasteiger partial charge in [-0.1, -0.05) is 12.8 Å². The molecule has 0 saturated carbocycles. The summed E-state index contributed by atoms with van der Waals surface area (Å²) in [6.07, 6.45) is 14.6. The monoisotopic (exact) mass is 231 g/mol. The van der Waals surface area contributed by atoms with Crippen molar-refractivity contribution in [2.45, 2.75) is 32.1 Å². The van der Waals surface area contributed by atoms with Gasteiger partial charge in [0.2, 0.25) is 0 Å². The van der Waals surface area contributed by atoms with E-state index in [1.54, 1.807) is 0 Å². The summed E-state index contributed by atoms with van der Waals surface area (Å²) in [5, 5.41) is 8.62. The minimum absolute atomic E-state index is 0. The quantitative estimate of drug-likeness (QED) is 0.459. The first-order valence-corrected chi connectivity index (χ1v) is 5.60. The minimum Gasteiger partial charge on any atom is -1.00 e. The van der Waals surface area contributed by atoms with Crippen molar-refractivity contribution in [1.29, 1.82) is 0 Å². The van der Waals surface area contributed by atoms with E-state index in [1.165, 1.54) is 32.2 Å². The summed E-state index contributed by atoms with van der Waals surface area (Å²) in [7, 11) is 2.23. The van der Waals surface area contributed by atoms with E-state index in [0.717, 1.165) is 10.9 Å². The topological polar surface area (TPSA) is 20.2 Å². The van der Waals surface area contributed by atoms with Crippen molar-refractivity contribution in [3.63, 3.8) is 0 Å². The van der Waals surface area contributed by atoms with E-state index in [0.29, 0.717) is 6.61 Å². The molecule has 1 rings (SSSR count). The van der Waals surface area contributed by atoms with Crippen molar-refractivity contribution in [3.05, 3.63) is 24.6 Å². The molecule has 0 bridgehead atoms. The Morgan fingerprint density at radius 3 is 2.07 bits per heavy atom. The summed E-state index contributed by atoms with van der Waals surface area (Å²) in [5.41, 5.74) is 0. The summed E-state index contributed by atoms with van der Waals surface area (Å²) in [6.45, 7) is 1.55. The molecule has 2 nitrogen and oxygen atoms in total. The Bertz CT molecular complexity index is 202. The minimum atomic E-state index is 0. The molecule has 0 atom stereocenters. The highest BCUT2D eigenvalue weighted by Crippen LogP contribution is 2.14. The van der Waals surface area contributed by atoms with E-state index in [-0.39, 0.29) is 12.4 Å². The van der Waals surface area contributed by atoms with Gasteiger partial charge >= 0.3 is 0 Å². The molecule has 15 heavy (non-hydrogen) atoms. The third-order valence-electron chi connectivity index (χ3n) is 2.76. The lowest BCUT2D eigenvalue weighted by molar-refractivity contribution is -0.804. The maximum absolute atomic E-state index is 8.62. The van der Waals surface area contributed by atoms with E-state index in [4.69, 9.17) is 5.11 Å². The van der Waals surface area contributed by atoms with Gasteiger partial charge in [-0.25, -0.2) is 0 Å². The van der Waals surface area contributed by atoms with E-state index < -0.39 is 0 Å². The maximum Gasteiger partial charge on any atom is 0.100 e. The van der Waals surface area contributed by atoms with Crippen LogP contribution < -0.4 is 12.4 Å². The smallest absolute Gasteiger partial charge is 0.100 e. The number of hydrogen-bond acceptors (Lipinski definition) is 1. The van der Waals surface area contributed by atoms with Crippen LogP contribution in [0.3, 0.4) is 0 Å². The van der Waals surface area contributed by atoms with Crippen molar-refractivity contribution in [2.24, 2.45) is 0 Å². The lowest BCUT2D eigenvalue weighted by atomic mass is 10.1. The van der Waals surface area contributed by atoms with Crippen LogP contribution in [0.4, 0.5) is 0 Å². The average Bonchev–Trinajstić information content (AvgIpc) is 2.59. The standard InChI is InChI=1S/C12H22NO.ClH/c1-13(10-6-7-11-13)9-5-3-2-4-8-12-14;/h6-7,10-11,14H,2-5,8-9,12H2,1H3;1H/q+1;/p-1. The molecule has 0 aromatic heterocycles. The largest absolute Gasteiger partial charge is 1.00 e. The second kappa shape index (κ2) is 7.91. The third kappa shape index (κ3) is 5.98. The van der Waals surface area contributed by atoms with Crippen molar-refractivity contribution >= 4 is 0 Å². The summed E-state index contributed by atoms with van der Waals surface area (Å²) in [5.74, 6) is 0. The Morgan fingerprint density at radius 1 is 0.933 bits per heavy atom. The predicted molar refractivity (Wildman–Crippen MR) is 59.5 cm³/mol. The Balaban J connectivity index is 0.00000196. The Kier molecular flexibility index (Phi) is 7.75. The van der Waals surface area contributed by atoms with Crippen LogP contribution in [0.2, 0.25) is 0 Å². The second-order valence-electron chi connectivity index (χ2n) is 4.24. The fourth-order valence-electron chi connectivity index (χ4n) is 1.79. The van der Waals surface area contributed by atoms with Gasteiger partial charge in [0.1, 0.15) is 12.4 Å². The number of rotatable bonds is 7. The Labute approximate surface area is 99.3 Å². The number of nitrogens with zero attached hydrogens (tertiary/aromatic N) is 1. The zero-order valence-corrected chi connectivity index (χ0v) is 10.3. The lowest BCUT2D eigenvalue weighted by Gasteiger charge is -2.22. The van der Waals surface area contributed by atoms with Crippen molar-refractivity contribution in [1.82, 2.24) is 0 Å². The molecule has 0 saturated heterocycles. The molecule has 88 valence electrons. The van der Waals surface area contributed by atoms with E-state index in [1.807, 2.05) is 0 Å². The summed E-state index contributed by atoms with van der Waals surface area (Å²) < 4.78 is 0.958. The van der Waals surface area contributed by atoms with Gasteiger partial charge in [0.25, 0.3) is 0 Å². The third-order valence-corrected chi connectivity index (χ3v) is 2.76. The first kappa shape index (κ1) is 14.7. The molecule has 1 N–H and O–H groups in total. The fourth-order valence-corrected chi connectivity index (χ4v) is 1.79. The molecule has 0 amide bonds. The van der Waals surface area contributed by atoms with E-state index >= 15 is 0 Å². The van der Waals surface area contributed by atoms with Gasteiger partial charge < -0.3 is 17.5 Å². The zero-order valence-electron chi connectivity index (χ0n) is 9.53. The van der Waals surface area contributed by atoms with Crippen LogP contribution in [0.5, 0.6) is 0 Å². The van der Waals surface area contributed by atoms with Crippen LogP contribution in [-0.4, -0.2) is 29.8 Å². The molecular formula is C12H22ClNO. The van der Waals surface area contributed by atoms with Gasteiger partial charge in [0.05, 0.1) is 13.6 Å². The molecule has 1 heterocycles. The number of halogens is 1. The number of aliphatic hydroxyl groups excluding tert-OH is 1. The molecule has 0 fully saturated rings. The predicted octanol–water partition coefficient (Wildman–Crippen LogP) is -0.579. The summed E-state index contributed by atoms with van der Waals surface area (Å²) in [6, 6.07) is 0. The maximum atomic E-state index is 8.62. The van der Waals surface area contributed by atoms with Gasteiger partial charge in [-0.3, -0.25) is 4.48 Å². The molecule has 0 spiro atoms. The van der Waals surface area contributed by atoms with Crippen molar-refractivity contribution in [3.8, 4) is 0 Å². The summed E-state index contributed by atoms with van der Waals surface area (Å²) in [4.78, 5) is 0. The molecule has 0 unspecified atom stereocenters. The van der Waals surface area contributed by atoms with Crippen LogP contribution in [-0.2, 0) is 0 Å². The highest BCUT2D eigenvalue weighted by Gasteiger charge is 2.16. The SMILES string of the molecule is C[N+]1(CCCCCCCO)C=CC=C1.[Cl-]. The number of unbranched alkanes of at least 4 members (excludes halogenated alkanes) is 4. The first-order chi connectivity index (χ1) is 6.77. The van der Waals surface area contributed by atoms with Gasteiger partial charge in [-0.15, -0.1) is 0 Å². The van der Waals surface area contributed by atoms with Crippen molar-refractivity contribution < 1.29 is 22.0 Å². The van der Waals surface area contributed by atoms with Crippen LogP contribution >= 0.6 is 0 Å². The highest BCUT2D eigenvalue weighted by molar-refractivity contribution is 5.03. The van der Waals surface area contributed by atoms with Gasteiger partial charge in [-0.05, 0) is 31.4 Å². The van der Waals surface area contributed by atoms with Gasteiger partial charge in [0, 0.05) is 6.61 Å². The number of allylic oxidation sites excluding steroid dienone is 2. The molecule has 1 aliphatic heterocycles. The molecule has 0 aliphatic carbocycles. The normalized spacial score (nSPS) is 16.7.